The minimum atomic E-state index is -0.0230. The Kier molecular flexibility index (Phi) is 3.67. The second-order valence-electron chi connectivity index (χ2n) is 5.10. The normalized spacial score (nSPS) is 13.0. The zero-order valence-corrected chi connectivity index (χ0v) is 13.8. The number of hydrogen-bond donors (Lipinski definition) is 1. The summed E-state index contributed by atoms with van der Waals surface area (Å²) in [6.07, 6.45) is 4.84. The number of hydrogen-bond acceptors (Lipinski definition) is 3. The molecule has 0 spiro atoms. The van der Waals surface area contributed by atoms with E-state index in [1.54, 1.807) is 11.3 Å². The lowest BCUT2D eigenvalue weighted by Gasteiger charge is -2.14. The van der Waals surface area contributed by atoms with Crippen molar-refractivity contribution in [3.05, 3.63) is 56.8 Å². The molecule has 1 atom stereocenters. The molecule has 0 aliphatic carbocycles. The summed E-state index contributed by atoms with van der Waals surface area (Å²) >= 11 is 5.23. The molecule has 3 nitrogen and oxygen atoms in total. The number of aryl methyl sites for hydroxylation is 2. The molecule has 0 bridgehead atoms. The van der Waals surface area contributed by atoms with Crippen LogP contribution in [-0.4, -0.2) is 9.38 Å². The van der Waals surface area contributed by atoms with E-state index >= 15 is 0 Å². The molecule has 2 N–H and O–H groups in total. The first-order chi connectivity index (χ1) is 9.54. The molecule has 0 saturated heterocycles. The number of rotatable bonds is 3. The van der Waals surface area contributed by atoms with Gasteiger partial charge < -0.3 is 5.73 Å². The lowest BCUT2D eigenvalue weighted by Crippen LogP contribution is -2.14. The number of thiazole rings is 1. The summed E-state index contributed by atoms with van der Waals surface area (Å²) in [5.74, 6) is 0. The van der Waals surface area contributed by atoms with Crippen molar-refractivity contribution in [1.29, 1.82) is 0 Å². The molecule has 1 aromatic carbocycles. The average Bonchev–Trinajstić information content (AvgIpc) is 2.96. The molecule has 5 heteroatoms. The van der Waals surface area contributed by atoms with Gasteiger partial charge in [-0.2, -0.15) is 0 Å². The van der Waals surface area contributed by atoms with E-state index in [-0.39, 0.29) is 6.04 Å². The van der Waals surface area contributed by atoms with Crippen molar-refractivity contribution in [2.75, 3.05) is 0 Å². The zero-order chi connectivity index (χ0) is 14.3. The summed E-state index contributed by atoms with van der Waals surface area (Å²) in [5, 5.41) is 2.04. The summed E-state index contributed by atoms with van der Waals surface area (Å²) in [6, 6.07) is 4.28. The molecule has 0 radical (unpaired) electrons. The minimum absolute atomic E-state index is 0.0230. The molecule has 0 fully saturated rings. The van der Waals surface area contributed by atoms with E-state index in [0.29, 0.717) is 0 Å². The van der Waals surface area contributed by atoms with Crippen LogP contribution >= 0.6 is 27.3 Å². The van der Waals surface area contributed by atoms with Gasteiger partial charge in [-0.3, -0.25) is 4.40 Å². The van der Waals surface area contributed by atoms with Crippen molar-refractivity contribution in [3.8, 4) is 0 Å². The van der Waals surface area contributed by atoms with Gasteiger partial charge in [0, 0.05) is 34.7 Å². The molecular formula is C15H16BrN3S. The second-order valence-corrected chi connectivity index (χ2v) is 6.77. The number of nitrogens with zero attached hydrogens (tertiary/aromatic N) is 2. The standard InChI is InChI=1S/C15H16BrN3S/c1-9-5-11(6-10(2)14(9)16)13(17)7-12-8-19-3-4-20-15(19)18-12/h3-6,8,13H,7,17H2,1-2H3. The summed E-state index contributed by atoms with van der Waals surface area (Å²) in [5.41, 5.74) is 11.0. The van der Waals surface area contributed by atoms with Crippen molar-refractivity contribution in [1.82, 2.24) is 9.38 Å². The predicted octanol–water partition coefficient (Wildman–Crippen LogP) is 4.02. The van der Waals surface area contributed by atoms with E-state index < -0.39 is 0 Å². The molecule has 0 saturated carbocycles. The molecule has 2 aromatic heterocycles. The SMILES string of the molecule is Cc1cc(C(N)Cc2cn3ccsc3n2)cc(C)c1Br. The van der Waals surface area contributed by atoms with Crippen molar-refractivity contribution < 1.29 is 0 Å². The Morgan fingerprint density at radius 3 is 2.70 bits per heavy atom. The first kappa shape index (κ1) is 13.8. The van der Waals surface area contributed by atoms with Gasteiger partial charge in [-0.25, -0.2) is 4.98 Å². The largest absolute Gasteiger partial charge is 0.324 e. The highest BCUT2D eigenvalue weighted by Crippen LogP contribution is 2.26. The van der Waals surface area contributed by atoms with E-state index in [2.05, 4.69) is 53.1 Å². The Morgan fingerprint density at radius 1 is 1.35 bits per heavy atom. The van der Waals surface area contributed by atoms with Gasteiger partial charge in [0.1, 0.15) is 0 Å². The van der Waals surface area contributed by atoms with Crippen LogP contribution in [0.1, 0.15) is 28.4 Å². The van der Waals surface area contributed by atoms with E-state index in [1.807, 2.05) is 16.0 Å². The third kappa shape index (κ3) is 2.53. The van der Waals surface area contributed by atoms with E-state index in [9.17, 15) is 0 Å². The van der Waals surface area contributed by atoms with Gasteiger partial charge in [0.2, 0.25) is 0 Å². The minimum Gasteiger partial charge on any atom is -0.324 e. The lowest BCUT2D eigenvalue weighted by atomic mass is 9.99. The predicted molar refractivity (Wildman–Crippen MR) is 87.3 cm³/mol. The highest BCUT2D eigenvalue weighted by atomic mass is 79.9. The van der Waals surface area contributed by atoms with Gasteiger partial charge >= 0.3 is 0 Å². The maximum absolute atomic E-state index is 6.34. The number of aromatic nitrogens is 2. The van der Waals surface area contributed by atoms with Crippen molar-refractivity contribution in [3.63, 3.8) is 0 Å². The summed E-state index contributed by atoms with van der Waals surface area (Å²) in [4.78, 5) is 5.62. The van der Waals surface area contributed by atoms with Gasteiger partial charge in [-0.1, -0.05) is 28.1 Å². The number of nitrogens with two attached hydrogens (primary N) is 1. The Balaban J connectivity index is 1.85. The number of imidazole rings is 1. The molecule has 20 heavy (non-hydrogen) atoms. The van der Waals surface area contributed by atoms with Gasteiger partial charge in [-0.05, 0) is 30.5 Å². The van der Waals surface area contributed by atoms with Crippen molar-refractivity contribution >= 4 is 32.2 Å². The Labute approximate surface area is 130 Å². The molecule has 3 aromatic rings. The zero-order valence-electron chi connectivity index (χ0n) is 11.4. The van der Waals surface area contributed by atoms with Crippen LogP contribution in [-0.2, 0) is 6.42 Å². The van der Waals surface area contributed by atoms with Crippen LogP contribution in [0.4, 0.5) is 0 Å². The van der Waals surface area contributed by atoms with Gasteiger partial charge in [0.05, 0.1) is 5.69 Å². The summed E-state index contributed by atoms with van der Waals surface area (Å²) < 4.78 is 3.21. The van der Waals surface area contributed by atoms with Crippen LogP contribution in [0.15, 0.2) is 34.4 Å². The van der Waals surface area contributed by atoms with E-state index in [0.717, 1.165) is 21.5 Å². The van der Waals surface area contributed by atoms with Crippen LogP contribution in [0.5, 0.6) is 0 Å². The summed E-state index contributed by atoms with van der Waals surface area (Å²) in [7, 11) is 0. The molecular weight excluding hydrogens is 334 g/mol. The monoisotopic (exact) mass is 349 g/mol. The fourth-order valence-corrected chi connectivity index (χ4v) is 3.36. The summed E-state index contributed by atoms with van der Waals surface area (Å²) in [6.45, 7) is 4.19. The van der Waals surface area contributed by atoms with Gasteiger partial charge in [0.15, 0.2) is 4.96 Å². The molecule has 3 rings (SSSR count). The van der Waals surface area contributed by atoms with Gasteiger partial charge in [-0.15, -0.1) is 11.3 Å². The van der Waals surface area contributed by atoms with Crippen LogP contribution in [0.3, 0.4) is 0 Å². The third-order valence-electron chi connectivity index (χ3n) is 3.46. The number of fused-ring (bicyclic) bond motifs is 1. The van der Waals surface area contributed by atoms with Crippen molar-refractivity contribution in [2.45, 2.75) is 26.3 Å². The molecule has 0 aliphatic heterocycles. The molecule has 104 valence electrons. The van der Waals surface area contributed by atoms with Crippen LogP contribution in [0.2, 0.25) is 0 Å². The Morgan fingerprint density at radius 2 is 2.05 bits per heavy atom. The van der Waals surface area contributed by atoms with E-state index in [1.165, 1.54) is 16.7 Å². The first-order valence-electron chi connectivity index (χ1n) is 6.48. The van der Waals surface area contributed by atoms with Crippen LogP contribution < -0.4 is 5.73 Å². The highest BCUT2D eigenvalue weighted by molar-refractivity contribution is 9.10. The fourth-order valence-electron chi connectivity index (χ4n) is 2.41. The lowest BCUT2D eigenvalue weighted by molar-refractivity contribution is 0.708. The molecule has 0 aliphatic rings. The maximum Gasteiger partial charge on any atom is 0.193 e. The molecule has 0 amide bonds. The molecule has 2 heterocycles. The average molecular weight is 350 g/mol. The maximum atomic E-state index is 6.34. The second kappa shape index (κ2) is 5.31. The van der Waals surface area contributed by atoms with Crippen LogP contribution in [0.25, 0.3) is 4.96 Å². The third-order valence-corrected chi connectivity index (χ3v) is 5.48. The quantitative estimate of drug-likeness (QED) is 0.775. The smallest absolute Gasteiger partial charge is 0.193 e. The number of benzene rings is 1. The van der Waals surface area contributed by atoms with Crippen LogP contribution in [0, 0.1) is 13.8 Å². The number of halogens is 1. The molecule has 1 unspecified atom stereocenters. The van der Waals surface area contributed by atoms with Crippen molar-refractivity contribution in [2.24, 2.45) is 5.73 Å². The fraction of sp³-hybridized carbons (Fsp3) is 0.267. The first-order valence-corrected chi connectivity index (χ1v) is 8.15. The van der Waals surface area contributed by atoms with Gasteiger partial charge in [0.25, 0.3) is 0 Å². The Bertz CT molecular complexity index is 708. The highest BCUT2D eigenvalue weighted by Gasteiger charge is 2.12. The van der Waals surface area contributed by atoms with E-state index in [4.69, 9.17) is 5.73 Å². The Hall–Kier alpha value is -1.17. The topological polar surface area (TPSA) is 43.3 Å².